The van der Waals surface area contributed by atoms with Crippen molar-refractivity contribution >= 4 is 11.7 Å². The fourth-order valence-electron chi connectivity index (χ4n) is 2.54. The fourth-order valence-corrected chi connectivity index (χ4v) is 2.54. The quantitative estimate of drug-likeness (QED) is 0.891. The third kappa shape index (κ3) is 1.87. The Balaban J connectivity index is 2.08. The van der Waals surface area contributed by atoms with E-state index in [1.165, 1.54) is 11.3 Å². The number of hydrogen-bond donors (Lipinski definition) is 1. The molecule has 1 aromatic carbocycles. The number of carboxylic acid groups (broad SMARTS) is 1. The second-order valence-electron chi connectivity index (χ2n) is 4.86. The van der Waals surface area contributed by atoms with Crippen LogP contribution in [-0.4, -0.2) is 34.4 Å². The summed E-state index contributed by atoms with van der Waals surface area (Å²) in [7, 11) is 3.83. The summed E-state index contributed by atoms with van der Waals surface area (Å²) in [6.07, 6.45) is 1.07. The third-order valence-corrected chi connectivity index (χ3v) is 3.61. The van der Waals surface area contributed by atoms with Gasteiger partial charge in [-0.25, -0.2) is 4.79 Å². The van der Waals surface area contributed by atoms with Gasteiger partial charge in [-0.15, -0.1) is 0 Å². The second kappa shape index (κ2) is 4.12. The second-order valence-corrected chi connectivity index (χ2v) is 4.86. The first kappa shape index (κ1) is 11.8. The van der Waals surface area contributed by atoms with Crippen molar-refractivity contribution < 1.29 is 9.90 Å². The lowest BCUT2D eigenvalue weighted by atomic mass is 10.1. The zero-order chi connectivity index (χ0) is 13.6. The lowest BCUT2D eigenvalue weighted by Gasteiger charge is -2.13. The molecule has 2 aromatic rings. The lowest BCUT2D eigenvalue weighted by molar-refractivity contribution is 0.0689. The van der Waals surface area contributed by atoms with E-state index in [1.54, 1.807) is 17.8 Å². The largest absolute Gasteiger partial charge is 0.476 e. The van der Waals surface area contributed by atoms with E-state index in [1.807, 2.05) is 6.07 Å². The molecule has 1 aromatic heterocycles. The zero-order valence-electron chi connectivity index (χ0n) is 10.9. The molecule has 1 aliphatic rings. The highest BCUT2D eigenvalue weighted by atomic mass is 16.4. The number of nitrogens with zero attached hydrogens (tertiary/aromatic N) is 3. The minimum absolute atomic E-state index is 0.0753. The van der Waals surface area contributed by atoms with Gasteiger partial charge in [-0.1, -0.05) is 12.1 Å². The van der Waals surface area contributed by atoms with Gasteiger partial charge in [-0.3, -0.25) is 4.68 Å². The predicted octanol–water partition coefficient (Wildman–Crippen LogP) is 1.78. The number of carboxylic acids is 1. The maximum absolute atomic E-state index is 11.0. The fraction of sp³-hybridized carbons (Fsp3) is 0.286. The van der Waals surface area contributed by atoms with Crippen LogP contribution in [0.2, 0.25) is 0 Å². The van der Waals surface area contributed by atoms with E-state index in [4.69, 9.17) is 5.11 Å². The monoisotopic (exact) mass is 257 g/mol. The molecule has 5 heteroatoms. The van der Waals surface area contributed by atoms with Gasteiger partial charge in [0.05, 0.1) is 5.69 Å². The first-order valence-electron chi connectivity index (χ1n) is 6.18. The summed E-state index contributed by atoms with van der Waals surface area (Å²) in [4.78, 5) is 13.2. The van der Waals surface area contributed by atoms with Gasteiger partial charge in [0.15, 0.2) is 5.69 Å². The SMILES string of the molecule is CN1CCc2ccc(-c3cc(C(=O)O)nn3C)cc21. The standard InChI is InChI=1S/C14H15N3O2/c1-16-6-5-9-3-4-10(7-12(9)16)13-8-11(14(18)19)15-17(13)2/h3-4,7-8H,5-6H2,1-2H3,(H,18,19). The summed E-state index contributed by atoms with van der Waals surface area (Å²) in [5.74, 6) is -1.000. The minimum Gasteiger partial charge on any atom is -0.476 e. The molecule has 0 fully saturated rings. The van der Waals surface area contributed by atoms with Crippen molar-refractivity contribution in [2.24, 2.45) is 7.05 Å². The molecule has 1 N–H and O–H groups in total. The van der Waals surface area contributed by atoms with Gasteiger partial charge in [-0.05, 0) is 24.1 Å². The summed E-state index contributed by atoms with van der Waals surface area (Å²) in [6.45, 7) is 1.03. The van der Waals surface area contributed by atoms with E-state index in [-0.39, 0.29) is 5.69 Å². The molecule has 0 amide bonds. The number of benzene rings is 1. The molecular weight excluding hydrogens is 242 g/mol. The first-order chi connectivity index (χ1) is 9.06. The van der Waals surface area contributed by atoms with Crippen LogP contribution in [0.5, 0.6) is 0 Å². The molecule has 0 bridgehead atoms. The molecule has 19 heavy (non-hydrogen) atoms. The number of carbonyl (C=O) groups is 1. The lowest BCUT2D eigenvalue weighted by Crippen LogP contribution is -2.12. The molecule has 0 radical (unpaired) electrons. The Morgan fingerprint density at radius 2 is 2.11 bits per heavy atom. The van der Waals surface area contributed by atoms with Crippen LogP contribution in [-0.2, 0) is 13.5 Å². The number of aromatic nitrogens is 2. The van der Waals surface area contributed by atoms with E-state index >= 15 is 0 Å². The van der Waals surface area contributed by atoms with Crippen LogP contribution in [0.4, 0.5) is 5.69 Å². The van der Waals surface area contributed by atoms with E-state index in [0.717, 1.165) is 24.2 Å². The Kier molecular flexibility index (Phi) is 2.55. The summed E-state index contributed by atoms with van der Waals surface area (Å²) in [5, 5.41) is 13.0. The van der Waals surface area contributed by atoms with Gasteiger partial charge in [-0.2, -0.15) is 5.10 Å². The van der Waals surface area contributed by atoms with Crippen LogP contribution >= 0.6 is 0 Å². The maximum atomic E-state index is 11.0. The number of fused-ring (bicyclic) bond motifs is 1. The van der Waals surface area contributed by atoms with E-state index in [9.17, 15) is 4.79 Å². The molecule has 0 saturated carbocycles. The van der Waals surface area contributed by atoms with Crippen molar-refractivity contribution in [2.75, 3.05) is 18.5 Å². The Hall–Kier alpha value is -2.30. The Bertz CT molecular complexity index is 661. The molecule has 0 spiro atoms. The van der Waals surface area contributed by atoms with Crippen molar-refractivity contribution in [3.05, 3.63) is 35.5 Å². The van der Waals surface area contributed by atoms with Crippen molar-refractivity contribution in [3.8, 4) is 11.3 Å². The van der Waals surface area contributed by atoms with Gasteiger partial charge in [0.1, 0.15) is 0 Å². The number of anilines is 1. The first-order valence-corrected chi connectivity index (χ1v) is 6.18. The van der Waals surface area contributed by atoms with Gasteiger partial charge in [0, 0.05) is 31.9 Å². The number of aromatic carboxylic acids is 1. The molecule has 0 aliphatic carbocycles. The van der Waals surface area contributed by atoms with E-state index in [0.29, 0.717) is 0 Å². The Labute approximate surface area is 111 Å². The summed E-state index contributed by atoms with van der Waals surface area (Å²) < 4.78 is 1.61. The highest BCUT2D eigenvalue weighted by molar-refractivity contribution is 5.87. The number of aryl methyl sites for hydroxylation is 1. The van der Waals surface area contributed by atoms with Crippen LogP contribution < -0.4 is 4.90 Å². The average molecular weight is 257 g/mol. The summed E-state index contributed by atoms with van der Waals surface area (Å²) >= 11 is 0. The van der Waals surface area contributed by atoms with Crippen molar-refractivity contribution in [1.29, 1.82) is 0 Å². The van der Waals surface area contributed by atoms with Crippen LogP contribution in [0, 0.1) is 0 Å². The van der Waals surface area contributed by atoms with Crippen molar-refractivity contribution in [3.63, 3.8) is 0 Å². The van der Waals surface area contributed by atoms with E-state index in [2.05, 4.69) is 29.2 Å². The maximum Gasteiger partial charge on any atom is 0.356 e. The van der Waals surface area contributed by atoms with Gasteiger partial charge in [0.25, 0.3) is 0 Å². The molecular formula is C14H15N3O2. The molecule has 0 saturated heterocycles. The number of likely N-dealkylation sites (N-methyl/N-ethyl adjacent to an activating group) is 1. The minimum atomic E-state index is -1.000. The normalized spacial score (nSPS) is 13.7. The Morgan fingerprint density at radius 3 is 2.79 bits per heavy atom. The molecule has 0 atom stereocenters. The molecule has 98 valence electrons. The third-order valence-electron chi connectivity index (χ3n) is 3.61. The van der Waals surface area contributed by atoms with Crippen LogP contribution in [0.3, 0.4) is 0 Å². The van der Waals surface area contributed by atoms with Gasteiger partial charge in [0.2, 0.25) is 0 Å². The van der Waals surface area contributed by atoms with Crippen molar-refractivity contribution in [2.45, 2.75) is 6.42 Å². The summed E-state index contributed by atoms with van der Waals surface area (Å²) in [6, 6.07) is 7.85. The van der Waals surface area contributed by atoms with Crippen LogP contribution in [0.25, 0.3) is 11.3 Å². The van der Waals surface area contributed by atoms with Gasteiger partial charge < -0.3 is 10.0 Å². The van der Waals surface area contributed by atoms with Crippen LogP contribution in [0.1, 0.15) is 16.1 Å². The average Bonchev–Trinajstić information content (AvgIpc) is 2.93. The molecule has 5 nitrogen and oxygen atoms in total. The molecule has 1 aliphatic heterocycles. The molecule has 2 heterocycles. The number of hydrogen-bond acceptors (Lipinski definition) is 3. The zero-order valence-corrected chi connectivity index (χ0v) is 10.9. The topological polar surface area (TPSA) is 58.4 Å². The van der Waals surface area contributed by atoms with Crippen LogP contribution in [0.15, 0.2) is 24.3 Å². The predicted molar refractivity (Wildman–Crippen MR) is 72.6 cm³/mol. The van der Waals surface area contributed by atoms with Crippen molar-refractivity contribution in [1.82, 2.24) is 9.78 Å². The highest BCUT2D eigenvalue weighted by Crippen LogP contribution is 2.31. The van der Waals surface area contributed by atoms with Gasteiger partial charge >= 0.3 is 5.97 Å². The Morgan fingerprint density at radius 1 is 1.32 bits per heavy atom. The molecule has 3 rings (SSSR count). The molecule has 0 unspecified atom stereocenters. The highest BCUT2D eigenvalue weighted by Gasteiger charge is 2.18. The number of rotatable bonds is 2. The van der Waals surface area contributed by atoms with E-state index < -0.39 is 5.97 Å². The summed E-state index contributed by atoms with van der Waals surface area (Å²) in [5.41, 5.74) is 4.45. The smallest absolute Gasteiger partial charge is 0.356 e.